The van der Waals surface area contributed by atoms with Gasteiger partial charge in [-0.05, 0) is 104 Å². The molecule has 1 amide bonds. The summed E-state index contributed by atoms with van der Waals surface area (Å²) in [5, 5.41) is 26.2. The first-order chi connectivity index (χ1) is 21.5. The van der Waals surface area contributed by atoms with Crippen LogP contribution in [-0.2, 0) is 33.4 Å². The maximum absolute atomic E-state index is 13.8. The third-order valence-electron chi connectivity index (χ3n) is 10.8. The average molecular weight is 660 g/mol. The number of alkyl carbamates (subject to hydrolysis) is 1. The predicted molar refractivity (Wildman–Crippen MR) is 172 cm³/mol. The van der Waals surface area contributed by atoms with Crippen LogP contribution in [0.3, 0.4) is 0 Å². The zero-order valence-corrected chi connectivity index (χ0v) is 29.3. The summed E-state index contributed by atoms with van der Waals surface area (Å²) in [5.74, 6) is -2.43. The summed E-state index contributed by atoms with van der Waals surface area (Å²) in [7, 11) is 0. The van der Waals surface area contributed by atoms with Crippen LogP contribution in [0.25, 0.3) is 0 Å². The lowest BCUT2D eigenvalue weighted by Gasteiger charge is -2.60. The summed E-state index contributed by atoms with van der Waals surface area (Å²) in [6.45, 7) is 15.4. The van der Waals surface area contributed by atoms with Crippen LogP contribution in [-0.4, -0.2) is 75.4 Å². The van der Waals surface area contributed by atoms with Crippen molar-refractivity contribution in [3.05, 3.63) is 23.8 Å². The van der Waals surface area contributed by atoms with Crippen molar-refractivity contribution in [3.8, 4) is 0 Å². The van der Waals surface area contributed by atoms with Crippen LogP contribution in [0.2, 0.25) is 0 Å². The molecule has 0 aromatic rings. The Labute approximate surface area is 277 Å². The summed E-state index contributed by atoms with van der Waals surface area (Å²) in [5.41, 5.74) is -3.91. The number of allylic oxidation sites excluding steroid dienone is 4. The molecule has 0 heterocycles. The van der Waals surface area contributed by atoms with Crippen LogP contribution >= 0.6 is 0 Å². The fraction of sp³-hybridized carbons (Fsp3) is 0.750. The third-order valence-corrected chi connectivity index (χ3v) is 10.8. The van der Waals surface area contributed by atoms with Gasteiger partial charge in [-0.1, -0.05) is 32.4 Å². The smallest absolute Gasteiger partial charge is 0.408 e. The van der Waals surface area contributed by atoms with E-state index in [-0.39, 0.29) is 55.1 Å². The molecule has 3 fully saturated rings. The maximum Gasteiger partial charge on any atom is 0.408 e. The molecular weight excluding hydrogens is 606 g/mol. The van der Waals surface area contributed by atoms with Gasteiger partial charge >= 0.3 is 18.0 Å². The van der Waals surface area contributed by atoms with Crippen molar-refractivity contribution in [1.82, 2.24) is 5.32 Å². The van der Waals surface area contributed by atoms with E-state index in [0.717, 1.165) is 12.0 Å². The quantitative estimate of drug-likeness (QED) is 0.252. The molecule has 47 heavy (non-hydrogen) atoms. The van der Waals surface area contributed by atoms with Crippen LogP contribution in [0.5, 0.6) is 0 Å². The first kappa shape index (κ1) is 36.8. The molecule has 9 atom stereocenters. The number of aliphatic hydroxyl groups is 2. The highest BCUT2D eigenvalue weighted by atomic mass is 16.6. The number of hydrogen-bond donors (Lipinski definition) is 3. The topological polar surface area (TPSA) is 166 Å². The fourth-order valence-electron chi connectivity index (χ4n) is 8.92. The van der Waals surface area contributed by atoms with Crippen molar-refractivity contribution < 1.29 is 48.4 Å². The number of ketones is 2. The Morgan fingerprint density at radius 2 is 1.70 bits per heavy atom. The lowest BCUT2D eigenvalue weighted by molar-refractivity contribution is -0.183. The van der Waals surface area contributed by atoms with Gasteiger partial charge in [0, 0.05) is 23.2 Å². The molecule has 0 saturated heterocycles. The molecule has 4 aliphatic carbocycles. The van der Waals surface area contributed by atoms with Crippen molar-refractivity contribution in [3.63, 3.8) is 0 Å². The van der Waals surface area contributed by atoms with Crippen LogP contribution in [0, 0.1) is 34.5 Å². The monoisotopic (exact) mass is 659 g/mol. The van der Waals surface area contributed by atoms with Gasteiger partial charge < -0.3 is 29.7 Å². The average Bonchev–Trinajstić information content (AvgIpc) is 3.19. The molecule has 1 unspecified atom stereocenters. The summed E-state index contributed by atoms with van der Waals surface area (Å²) >= 11 is 0. The summed E-state index contributed by atoms with van der Waals surface area (Å²) in [4.78, 5) is 64.2. The molecule has 0 aromatic carbocycles. The van der Waals surface area contributed by atoms with Gasteiger partial charge in [-0.15, -0.1) is 0 Å². The number of hydrogen-bond acceptors (Lipinski definition) is 10. The molecular formula is C36H53NO10. The molecule has 262 valence electrons. The van der Waals surface area contributed by atoms with E-state index >= 15 is 0 Å². The first-order valence-electron chi connectivity index (χ1n) is 16.8. The van der Waals surface area contributed by atoms with Crippen LogP contribution in [0.4, 0.5) is 4.79 Å². The second kappa shape index (κ2) is 12.8. The van der Waals surface area contributed by atoms with E-state index in [2.05, 4.69) is 19.2 Å². The first-order valence-corrected chi connectivity index (χ1v) is 16.8. The van der Waals surface area contributed by atoms with E-state index in [9.17, 15) is 34.2 Å². The molecule has 0 aromatic heterocycles. The number of aliphatic hydroxyl groups excluding tert-OH is 1. The Morgan fingerprint density at radius 1 is 1.06 bits per heavy atom. The fourth-order valence-corrected chi connectivity index (χ4v) is 8.92. The lowest BCUT2D eigenvalue weighted by Crippen LogP contribution is -2.62. The van der Waals surface area contributed by atoms with Gasteiger partial charge in [0.1, 0.15) is 22.8 Å². The molecule has 0 radical (unpaired) electrons. The van der Waals surface area contributed by atoms with E-state index in [1.807, 2.05) is 13.0 Å². The van der Waals surface area contributed by atoms with E-state index < -0.39 is 70.2 Å². The maximum atomic E-state index is 13.8. The Kier molecular flexibility index (Phi) is 9.99. The van der Waals surface area contributed by atoms with Crippen molar-refractivity contribution in [2.45, 2.75) is 130 Å². The minimum Gasteiger partial charge on any atom is -0.460 e. The van der Waals surface area contributed by atoms with E-state index in [4.69, 9.17) is 14.2 Å². The Morgan fingerprint density at radius 3 is 2.32 bits per heavy atom. The van der Waals surface area contributed by atoms with Crippen molar-refractivity contribution >= 4 is 29.6 Å². The van der Waals surface area contributed by atoms with E-state index in [1.165, 1.54) is 0 Å². The second-order valence-electron chi connectivity index (χ2n) is 16.5. The predicted octanol–water partition coefficient (Wildman–Crippen LogP) is 4.37. The minimum absolute atomic E-state index is 0.00149. The van der Waals surface area contributed by atoms with Gasteiger partial charge in [0.15, 0.2) is 12.4 Å². The van der Waals surface area contributed by atoms with E-state index in [1.54, 1.807) is 53.7 Å². The largest absolute Gasteiger partial charge is 0.460 e. The molecule has 3 N–H and O–H groups in total. The van der Waals surface area contributed by atoms with E-state index in [0.29, 0.717) is 6.42 Å². The summed E-state index contributed by atoms with van der Waals surface area (Å²) in [6, 6.07) is -1.31. The van der Waals surface area contributed by atoms with Crippen LogP contribution in [0.1, 0.15) is 101 Å². The molecule has 4 rings (SSSR count). The number of ether oxygens (including phenoxy) is 3. The zero-order valence-electron chi connectivity index (χ0n) is 29.3. The molecule has 0 aliphatic heterocycles. The normalized spacial score (nSPS) is 35.4. The molecule has 0 bridgehead atoms. The second-order valence-corrected chi connectivity index (χ2v) is 16.5. The number of Topliss-reactive ketones (excluding diaryl/α,β-unsaturated/α-hetero) is 1. The third kappa shape index (κ3) is 7.36. The van der Waals surface area contributed by atoms with Crippen LogP contribution < -0.4 is 5.32 Å². The van der Waals surface area contributed by atoms with Gasteiger partial charge in [0.05, 0.1) is 6.10 Å². The highest BCUT2D eigenvalue weighted by molar-refractivity contribution is 6.01. The molecule has 4 aliphatic rings. The minimum atomic E-state index is -1.85. The standard InChI is InChI=1S/C36H53NO10/c1-20-16-22-23-13-15-36(44,35(23,9)18-26(39)29(22)34(8)14-12-21(38)17-24(20)34)27(40)19-45-30(42)25(37-31(43)47-33(5,6)7)10-11-28(41)46-32(2,3)4/h12,14,17,20,22-23,25-26,29,39,44H,10-11,13,15-16,18-19H2,1-9H3,(H,37,43)/t20-,22-,23-,25?,26-,29+,34-,35-,36-/m0/s1. The van der Waals surface area contributed by atoms with Crippen molar-refractivity contribution in [2.24, 2.45) is 34.5 Å². The van der Waals surface area contributed by atoms with Gasteiger partial charge in [0.2, 0.25) is 5.78 Å². The lowest BCUT2D eigenvalue weighted by atomic mass is 9.45. The molecule has 0 spiro atoms. The number of rotatable bonds is 8. The van der Waals surface area contributed by atoms with Gasteiger partial charge in [-0.25, -0.2) is 9.59 Å². The number of esters is 2. The summed E-state index contributed by atoms with van der Waals surface area (Å²) in [6.07, 6.45) is 4.70. The van der Waals surface area contributed by atoms with Gasteiger partial charge in [0.25, 0.3) is 0 Å². The van der Waals surface area contributed by atoms with Crippen molar-refractivity contribution in [2.75, 3.05) is 6.61 Å². The van der Waals surface area contributed by atoms with Gasteiger partial charge in [-0.2, -0.15) is 0 Å². The summed E-state index contributed by atoms with van der Waals surface area (Å²) < 4.78 is 16.0. The Balaban J connectivity index is 1.48. The number of fused-ring (bicyclic) bond motifs is 5. The number of amides is 1. The Bertz CT molecular complexity index is 1350. The Hall–Kier alpha value is -3.05. The van der Waals surface area contributed by atoms with Crippen molar-refractivity contribution in [1.29, 1.82) is 0 Å². The number of carbonyl (C=O) groups excluding carboxylic acids is 5. The molecule has 11 heteroatoms. The number of carbonyl (C=O) groups is 5. The highest BCUT2D eigenvalue weighted by Gasteiger charge is 2.68. The zero-order chi connectivity index (χ0) is 35.3. The number of nitrogens with one attached hydrogen (secondary N) is 1. The molecule has 11 nitrogen and oxygen atoms in total. The van der Waals surface area contributed by atoms with Gasteiger partial charge in [-0.3, -0.25) is 14.4 Å². The highest BCUT2D eigenvalue weighted by Crippen LogP contribution is 2.67. The molecule has 3 saturated carbocycles. The SMILES string of the molecule is C[C@H]1C[C@@H]2[C@H]([C@@H](O)C[C@@]3(C)[C@H]2CC[C@]3(O)C(=O)COC(=O)C(CCC(=O)OC(C)(C)C)NC(=O)OC(C)(C)C)[C@@]2(C)C=CC(=O)C=C12. The van der Waals surface area contributed by atoms with Crippen LogP contribution in [0.15, 0.2) is 23.8 Å².